The molecular weight excluding hydrogens is 277 g/mol. The Morgan fingerprint density at radius 1 is 1.05 bits per heavy atom. The molecule has 0 unspecified atom stereocenters. The van der Waals surface area contributed by atoms with Crippen molar-refractivity contribution in [2.45, 2.75) is 19.7 Å². The van der Waals surface area contributed by atoms with E-state index in [1.165, 1.54) is 17.7 Å². The second-order valence-corrected chi connectivity index (χ2v) is 5.07. The van der Waals surface area contributed by atoms with Crippen LogP contribution in [0.15, 0.2) is 42.5 Å². The van der Waals surface area contributed by atoms with E-state index in [9.17, 15) is 4.39 Å². The largest absolute Gasteiger partial charge is 0.380 e. The Morgan fingerprint density at radius 3 is 2.55 bits per heavy atom. The van der Waals surface area contributed by atoms with Crippen molar-refractivity contribution < 1.29 is 9.13 Å². The zero-order chi connectivity index (χ0) is 14.4. The third kappa shape index (κ3) is 4.60. The Bertz CT molecular complexity index is 554. The van der Waals surface area contributed by atoms with Gasteiger partial charge in [-0.2, -0.15) is 0 Å². The van der Waals surface area contributed by atoms with Crippen LogP contribution < -0.4 is 5.32 Å². The topological polar surface area (TPSA) is 21.3 Å². The Labute approximate surface area is 123 Å². The Hall–Kier alpha value is -1.42. The predicted molar refractivity (Wildman–Crippen MR) is 79.1 cm³/mol. The van der Waals surface area contributed by atoms with Crippen molar-refractivity contribution in [3.05, 3.63) is 70.0 Å². The first-order valence-corrected chi connectivity index (χ1v) is 6.77. The molecule has 0 spiro atoms. The molecule has 0 heterocycles. The number of methoxy groups -OCH3 is 1. The van der Waals surface area contributed by atoms with Crippen LogP contribution in [0.5, 0.6) is 0 Å². The summed E-state index contributed by atoms with van der Waals surface area (Å²) in [5.41, 5.74) is 3.14. The quantitative estimate of drug-likeness (QED) is 0.872. The smallest absolute Gasteiger partial charge is 0.125 e. The van der Waals surface area contributed by atoms with Crippen LogP contribution in [0.25, 0.3) is 0 Å². The highest BCUT2D eigenvalue weighted by molar-refractivity contribution is 6.30. The van der Waals surface area contributed by atoms with Crippen molar-refractivity contribution in [1.29, 1.82) is 0 Å². The van der Waals surface area contributed by atoms with E-state index in [0.717, 1.165) is 11.1 Å². The molecule has 2 nitrogen and oxygen atoms in total. The lowest BCUT2D eigenvalue weighted by molar-refractivity contribution is 0.185. The lowest BCUT2D eigenvalue weighted by atomic mass is 10.1. The highest BCUT2D eigenvalue weighted by Gasteiger charge is 2.00. The summed E-state index contributed by atoms with van der Waals surface area (Å²) in [6.45, 7) is 1.89. The molecule has 0 saturated carbocycles. The van der Waals surface area contributed by atoms with E-state index in [2.05, 4.69) is 11.4 Å². The van der Waals surface area contributed by atoms with Crippen molar-refractivity contribution in [2.75, 3.05) is 7.11 Å². The first-order chi connectivity index (χ1) is 9.67. The van der Waals surface area contributed by atoms with Crippen LogP contribution in [0, 0.1) is 5.82 Å². The van der Waals surface area contributed by atoms with E-state index < -0.39 is 0 Å². The molecule has 0 aliphatic heterocycles. The van der Waals surface area contributed by atoms with Gasteiger partial charge in [0.1, 0.15) is 5.82 Å². The van der Waals surface area contributed by atoms with Gasteiger partial charge in [0.05, 0.1) is 6.61 Å². The second-order valence-electron chi connectivity index (χ2n) is 4.63. The van der Waals surface area contributed by atoms with Crippen LogP contribution in [-0.4, -0.2) is 7.11 Å². The van der Waals surface area contributed by atoms with Gasteiger partial charge >= 0.3 is 0 Å². The first-order valence-electron chi connectivity index (χ1n) is 6.40. The summed E-state index contributed by atoms with van der Waals surface area (Å²) in [4.78, 5) is 0. The van der Waals surface area contributed by atoms with Crippen LogP contribution >= 0.6 is 11.6 Å². The minimum absolute atomic E-state index is 0.309. The van der Waals surface area contributed by atoms with Gasteiger partial charge < -0.3 is 10.1 Å². The molecular formula is C16H17ClFNO. The summed E-state index contributed by atoms with van der Waals surface area (Å²) in [5.74, 6) is -0.309. The fourth-order valence-electron chi connectivity index (χ4n) is 2.06. The number of rotatable bonds is 6. The van der Waals surface area contributed by atoms with Crippen molar-refractivity contribution in [2.24, 2.45) is 0 Å². The molecule has 0 atom stereocenters. The van der Waals surface area contributed by atoms with Crippen LogP contribution in [0.3, 0.4) is 0 Å². The van der Waals surface area contributed by atoms with Crippen LogP contribution in [0.4, 0.5) is 4.39 Å². The van der Waals surface area contributed by atoms with Crippen molar-refractivity contribution in [3.63, 3.8) is 0 Å². The zero-order valence-corrected chi connectivity index (χ0v) is 12.1. The van der Waals surface area contributed by atoms with Gasteiger partial charge in [0, 0.05) is 25.2 Å². The van der Waals surface area contributed by atoms with E-state index in [1.807, 2.05) is 18.2 Å². The van der Waals surface area contributed by atoms with Crippen molar-refractivity contribution >= 4 is 11.6 Å². The molecule has 106 valence electrons. The van der Waals surface area contributed by atoms with E-state index >= 15 is 0 Å². The second kappa shape index (κ2) is 7.39. The monoisotopic (exact) mass is 293 g/mol. The fraction of sp³-hybridized carbons (Fsp3) is 0.250. The fourth-order valence-corrected chi connectivity index (χ4v) is 2.30. The molecule has 2 aromatic carbocycles. The summed E-state index contributed by atoms with van der Waals surface area (Å²) in [6, 6.07) is 12.7. The molecule has 4 heteroatoms. The number of benzene rings is 2. The van der Waals surface area contributed by atoms with Crippen LogP contribution in [0.1, 0.15) is 16.7 Å². The number of nitrogens with one attached hydrogen (secondary N) is 1. The number of hydrogen-bond donors (Lipinski definition) is 1. The van der Waals surface area contributed by atoms with Gasteiger partial charge in [-0.15, -0.1) is 0 Å². The molecule has 0 aromatic heterocycles. The SMILES string of the molecule is COCc1cccc(CNCc2cc(F)cc(Cl)c2)c1. The van der Waals surface area contributed by atoms with E-state index in [4.69, 9.17) is 16.3 Å². The third-order valence-corrected chi connectivity index (χ3v) is 3.10. The molecule has 1 N–H and O–H groups in total. The number of hydrogen-bond acceptors (Lipinski definition) is 2. The lowest BCUT2D eigenvalue weighted by Gasteiger charge is -2.07. The molecule has 2 rings (SSSR count). The molecule has 0 fully saturated rings. The van der Waals surface area contributed by atoms with E-state index in [-0.39, 0.29) is 5.82 Å². The molecule has 20 heavy (non-hydrogen) atoms. The van der Waals surface area contributed by atoms with Crippen LogP contribution in [-0.2, 0) is 24.4 Å². The maximum absolute atomic E-state index is 13.2. The molecule has 0 saturated heterocycles. The summed E-state index contributed by atoms with van der Waals surface area (Å²) >= 11 is 5.82. The lowest BCUT2D eigenvalue weighted by Crippen LogP contribution is -2.13. The normalized spacial score (nSPS) is 10.8. The van der Waals surface area contributed by atoms with Gasteiger partial charge in [-0.3, -0.25) is 0 Å². The van der Waals surface area contributed by atoms with Crippen LogP contribution in [0.2, 0.25) is 5.02 Å². The Morgan fingerprint density at radius 2 is 1.80 bits per heavy atom. The third-order valence-electron chi connectivity index (χ3n) is 2.88. The maximum Gasteiger partial charge on any atom is 0.125 e. The number of ether oxygens (including phenoxy) is 1. The molecule has 0 aliphatic carbocycles. The highest BCUT2D eigenvalue weighted by Crippen LogP contribution is 2.14. The van der Waals surface area contributed by atoms with Gasteiger partial charge in [0.2, 0.25) is 0 Å². The average Bonchev–Trinajstić information content (AvgIpc) is 2.38. The first kappa shape index (κ1) is 15.0. The highest BCUT2D eigenvalue weighted by atomic mass is 35.5. The minimum atomic E-state index is -0.309. The summed E-state index contributed by atoms with van der Waals surface area (Å²) in [6.07, 6.45) is 0. The molecule has 2 aromatic rings. The minimum Gasteiger partial charge on any atom is -0.380 e. The van der Waals surface area contributed by atoms with Gasteiger partial charge in [-0.05, 0) is 34.9 Å². The van der Waals surface area contributed by atoms with Crippen molar-refractivity contribution in [3.8, 4) is 0 Å². The Kier molecular flexibility index (Phi) is 5.53. The van der Waals surface area contributed by atoms with E-state index in [1.54, 1.807) is 13.2 Å². The van der Waals surface area contributed by atoms with Gasteiger partial charge in [-0.25, -0.2) is 4.39 Å². The van der Waals surface area contributed by atoms with E-state index in [0.29, 0.717) is 24.7 Å². The zero-order valence-electron chi connectivity index (χ0n) is 11.3. The Balaban J connectivity index is 1.90. The van der Waals surface area contributed by atoms with Crippen molar-refractivity contribution in [1.82, 2.24) is 5.32 Å². The maximum atomic E-state index is 13.2. The molecule has 0 aliphatic rings. The number of halogens is 2. The molecule has 0 bridgehead atoms. The van der Waals surface area contributed by atoms with Gasteiger partial charge in [0.25, 0.3) is 0 Å². The average molecular weight is 294 g/mol. The molecule has 0 radical (unpaired) electrons. The molecule has 0 amide bonds. The van der Waals surface area contributed by atoms with Gasteiger partial charge in [-0.1, -0.05) is 35.9 Å². The summed E-state index contributed by atoms with van der Waals surface area (Å²) in [5, 5.41) is 3.70. The standard InChI is InChI=1S/C16H17ClFNO/c1-20-11-13-4-2-3-12(5-13)9-19-10-14-6-15(17)8-16(18)7-14/h2-8,19H,9-11H2,1H3. The van der Waals surface area contributed by atoms with Gasteiger partial charge in [0.15, 0.2) is 0 Å². The summed E-state index contributed by atoms with van der Waals surface area (Å²) in [7, 11) is 1.68. The summed E-state index contributed by atoms with van der Waals surface area (Å²) < 4.78 is 18.3. The predicted octanol–water partition coefficient (Wildman–Crippen LogP) is 3.92.